The van der Waals surface area contributed by atoms with Crippen LogP contribution in [0.3, 0.4) is 0 Å². The molecular formula is C37H39N3O5. The fourth-order valence-electron chi connectivity index (χ4n) is 5.57. The van der Waals surface area contributed by atoms with Crippen molar-refractivity contribution in [1.29, 1.82) is 0 Å². The van der Waals surface area contributed by atoms with Crippen molar-refractivity contribution in [3.05, 3.63) is 132 Å². The molecule has 232 valence electrons. The molecule has 5 N–H and O–H groups in total. The molecule has 0 spiro atoms. The molecule has 8 heteroatoms. The topological polar surface area (TPSA) is 124 Å². The van der Waals surface area contributed by atoms with Crippen LogP contribution in [-0.4, -0.2) is 46.8 Å². The van der Waals surface area contributed by atoms with Gasteiger partial charge in [-0.2, -0.15) is 0 Å². The molecule has 1 aliphatic carbocycles. The first-order valence-electron chi connectivity index (χ1n) is 15.3. The molecule has 0 saturated heterocycles. The van der Waals surface area contributed by atoms with E-state index in [-0.39, 0.29) is 12.5 Å². The minimum atomic E-state index is -1.41. The van der Waals surface area contributed by atoms with Crippen molar-refractivity contribution in [1.82, 2.24) is 10.3 Å². The molecule has 0 radical (unpaired) electrons. The lowest BCUT2D eigenvalue weighted by Gasteiger charge is -2.23. The zero-order chi connectivity index (χ0) is 31.4. The molecule has 2 atom stereocenters. The quantitative estimate of drug-likeness (QED) is 0.119. The SMILES string of the molecule is O=C(COc1ccccc1)Nc1ccc2[nH]c3c(c2c1)CC(CNCCc1ccccc1)CC3.O=C(O)C(O)c1ccccc1. The normalized spacial score (nSPS) is 14.5. The number of aliphatic carboxylic acids is 1. The van der Waals surface area contributed by atoms with Crippen molar-refractivity contribution in [2.75, 3.05) is 25.0 Å². The second-order valence-corrected chi connectivity index (χ2v) is 11.2. The Morgan fingerprint density at radius 3 is 2.31 bits per heavy atom. The second kappa shape index (κ2) is 15.7. The summed E-state index contributed by atoms with van der Waals surface area (Å²) in [4.78, 5) is 26.2. The van der Waals surface area contributed by atoms with Gasteiger partial charge in [0.25, 0.3) is 5.91 Å². The number of benzene rings is 4. The van der Waals surface area contributed by atoms with Crippen molar-refractivity contribution >= 4 is 28.5 Å². The van der Waals surface area contributed by atoms with Crippen molar-refractivity contribution in [2.45, 2.75) is 31.8 Å². The molecule has 8 nitrogen and oxygen atoms in total. The standard InChI is InChI=1S/C29H31N3O2.C8H8O3/c33-29(20-34-24-9-5-2-6-10-24)31-23-12-14-28-26(18-23)25-17-22(11-13-27(25)32-28)19-30-16-15-21-7-3-1-4-8-21;9-7(8(10)11)6-4-2-1-3-5-6/h1-10,12,14,18,22,30,32H,11,13,15-17,19-20H2,(H,31,33);1-5,7,9H,(H,10,11). The number of nitrogens with one attached hydrogen (secondary N) is 3. The highest BCUT2D eigenvalue weighted by atomic mass is 16.5. The summed E-state index contributed by atoms with van der Waals surface area (Å²) in [5, 5.41) is 25.2. The predicted octanol–water partition coefficient (Wildman–Crippen LogP) is 5.93. The van der Waals surface area contributed by atoms with Gasteiger partial charge < -0.3 is 30.6 Å². The van der Waals surface area contributed by atoms with Gasteiger partial charge in [-0.05, 0) is 91.7 Å². The van der Waals surface area contributed by atoms with E-state index in [0.717, 1.165) is 43.6 Å². The Balaban J connectivity index is 0.000000309. The maximum atomic E-state index is 12.4. The smallest absolute Gasteiger partial charge is 0.337 e. The number of para-hydroxylation sites is 1. The van der Waals surface area contributed by atoms with E-state index in [0.29, 0.717) is 17.2 Å². The van der Waals surface area contributed by atoms with E-state index < -0.39 is 12.1 Å². The number of amides is 1. The maximum absolute atomic E-state index is 12.4. The van der Waals surface area contributed by atoms with Gasteiger partial charge in [0, 0.05) is 22.3 Å². The minimum absolute atomic E-state index is 0.00990. The lowest BCUT2D eigenvalue weighted by molar-refractivity contribution is -0.147. The third kappa shape index (κ3) is 9.04. The Bertz CT molecular complexity index is 1670. The molecule has 0 fully saturated rings. The molecule has 1 aromatic heterocycles. The lowest BCUT2D eigenvalue weighted by Crippen LogP contribution is -2.28. The third-order valence-electron chi connectivity index (χ3n) is 7.90. The number of fused-ring (bicyclic) bond motifs is 3. The summed E-state index contributed by atoms with van der Waals surface area (Å²) in [5.41, 5.74) is 6.46. The highest BCUT2D eigenvalue weighted by Gasteiger charge is 2.22. The Morgan fingerprint density at radius 2 is 1.60 bits per heavy atom. The molecule has 0 bridgehead atoms. The monoisotopic (exact) mass is 605 g/mol. The van der Waals surface area contributed by atoms with Gasteiger partial charge in [0.2, 0.25) is 0 Å². The van der Waals surface area contributed by atoms with E-state index in [1.807, 2.05) is 36.4 Å². The lowest BCUT2D eigenvalue weighted by atomic mass is 9.86. The van der Waals surface area contributed by atoms with Crippen molar-refractivity contribution in [2.24, 2.45) is 5.92 Å². The number of carboxylic acids is 1. The van der Waals surface area contributed by atoms with Crippen LogP contribution in [0.4, 0.5) is 5.69 Å². The average Bonchev–Trinajstić information content (AvgIpc) is 3.44. The molecule has 1 amide bonds. The van der Waals surface area contributed by atoms with E-state index in [9.17, 15) is 9.59 Å². The van der Waals surface area contributed by atoms with Gasteiger partial charge in [-0.25, -0.2) is 4.79 Å². The van der Waals surface area contributed by atoms with Crippen LogP contribution in [-0.2, 0) is 28.9 Å². The van der Waals surface area contributed by atoms with Crippen LogP contribution >= 0.6 is 0 Å². The van der Waals surface area contributed by atoms with Crippen LogP contribution < -0.4 is 15.4 Å². The molecule has 1 aliphatic rings. The Kier molecular flexibility index (Phi) is 11.0. The van der Waals surface area contributed by atoms with Crippen LogP contribution in [0.2, 0.25) is 0 Å². The summed E-state index contributed by atoms with van der Waals surface area (Å²) in [6.07, 6.45) is 2.97. The predicted molar refractivity (Wildman–Crippen MR) is 176 cm³/mol. The summed E-state index contributed by atoms with van der Waals surface area (Å²) >= 11 is 0. The maximum Gasteiger partial charge on any atom is 0.337 e. The first kappa shape index (κ1) is 31.5. The number of carbonyl (C=O) groups is 2. The molecule has 2 unspecified atom stereocenters. The number of carboxylic acid groups (broad SMARTS) is 1. The summed E-state index contributed by atoms with van der Waals surface area (Å²) in [7, 11) is 0. The molecule has 0 saturated carbocycles. The zero-order valence-corrected chi connectivity index (χ0v) is 25.1. The number of hydrogen-bond acceptors (Lipinski definition) is 5. The minimum Gasteiger partial charge on any atom is -0.484 e. The van der Waals surface area contributed by atoms with Gasteiger partial charge in [0.15, 0.2) is 12.7 Å². The van der Waals surface area contributed by atoms with Crippen LogP contribution in [0.15, 0.2) is 109 Å². The molecule has 1 heterocycles. The largest absolute Gasteiger partial charge is 0.484 e. The Morgan fingerprint density at radius 1 is 0.911 bits per heavy atom. The molecule has 5 aromatic rings. The first-order valence-corrected chi connectivity index (χ1v) is 15.3. The van der Waals surface area contributed by atoms with Gasteiger partial charge in [0.1, 0.15) is 5.75 Å². The van der Waals surface area contributed by atoms with Crippen LogP contribution in [0.5, 0.6) is 5.75 Å². The fourth-order valence-corrected chi connectivity index (χ4v) is 5.57. The molecule has 4 aromatic carbocycles. The van der Waals surface area contributed by atoms with Crippen LogP contribution in [0, 0.1) is 5.92 Å². The van der Waals surface area contributed by atoms with Gasteiger partial charge in [-0.3, -0.25) is 4.79 Å². The number of rotatable bonds is 11. The Labute approximate surface area is 263 Å². The first-order chi connectivity index (χ1) is 22.0. The highest BCUT2D eigenvalue weighted by Crippen LogP contribution is 2.33. The zero-order valence-electron chi connectivity index (χ0n) is 25.1. The molecule has 45 heavy (non-hydrogen) atoms. The second-order valence-electron chi connectivity index (χ2n) is 11.2. The van der Waals surface area contributed by atoms with Gasteiger partial charge in [-0.15, -0.1) is 0 Å². The number of ether oxygens (including phenoxy) is 1. The molecular weight excluding hydrogens is 566 g/mol. The average molecular weight is 606 g/mol. The number of carbonyl (C=O) groups excluding carboxylic acids is 1. The van der Waals surface area contributed by atoms with E-state index in [4.69, 9.17) is 14.9 Å². The fraction of sp³-hybridized carbons (Fsp3) is 0.243. The number of aliphatic hydroxyl groups is 1. The molecule has 6 rings (SSSR count). The number of hydrogen-bond donors (Lipinski definition) is 5. The third-order valence-corrected chi connectivity index (χ3v) is 7.90. The van der Waals surface area contributed by atoms with Crippen molar-refractivity contribution in [3.8, 4) is 5.75 Å². The summed E-state index contributed by atoms with van der Waals surface area (Å²) in [6.45, 7) is 2.03. The van der Waals surface area contributed by atoms with E-state index in [1.54, 1.807) is 30.3 Å². The van der Waals surface area contributed by atoms with Crippen LogP contribution in [0.25, 0.3) is 10.9 Å². The number of aromatic amines is 1. The van der Waals surface area contributed by atoms with Gasteiger partial charge in [0.05, 0.1) is 0 Å². The highest BCUT2D eigenvalue weighted by molar-refractivity contribution is 5.95. The number of H-pyrrole nitrogens is 1. The van der Waals surface area contributed by atoms with E-state index >= 15 is 0 Å². The summed E-state index contributed by atoms with van der Waals surface area (Å²) in [5.74, 6) is -0.0691. The molecule has 0 aliphatic heterocycles. The number of anilines is 1. The number of aromatic nitrogens is 1. The van der Waals surface area contributed by atoms with E-state index in [1.165, 1.54) is 28.6 Å². The van der Waals surface area contributed by atoms with Gasteiger partial charge >= 0.3 is 5.97 Å². The Hall–Kier alpha value is -4.92. The van der Waals surface area contributed by atoms with Crippen molar-refractivity contribution in [3.63, 3.8) is 0 Å². The summed E-state index contributed by atoms with van der Waals surface area (Å²) in [6, 6.07) is 34.4. The number of aryl methyl sites for hydroxylation is 1. The van der Waals surface area contributed by atoms with Gasteiger partial charge in [-0.1, -0.05) is 78.9 Å². The van der Waals surface area contributed by atoms with Crippen LogP contribution in [0.1, 0.15) is 34.9 Å². The summed E-state index contributed by atoms with van der Waals surface area (Å²) < 4.78 is 5.57. The van der Waals surface area contributed by atoms with Crippen molar-refractivity contribution < 1.29 is 24.5 Å². The number of aliphatic hydroxyl groups excluding tert-OH is 1. The van der Waals surface area contributed by atoms with E-state index in [2.05, 4.69) is 58.1 Å².